The lowest BCUT2D eigenvalue weighted by Gasteiger charge is -2.11. The summed E-state index contributed by atoms with van der Waals surface area (Å²) in [5.41, 5.74) is 2.93. The third kappa shape index (κ3) is 5.25. The van der Waals surface area contributed by atoms with Crippen molar-refractivity contribution in [2.75, 3.05) is 11.1 Å². The molecule has 0 saturated heterocycles. The van der Waals surface area contributed by atoms with Gasteiger partial charge in [0.25, 0.3) is 0 Å². The van der Waals surface area contributed by atoms with Gasteiger partial charge in [0.15, 0.2) is 11.0 Å². The molecule has 0 radical (unpaired) electrons. The lowest BCUT2D eigenvalue weighted by Crippen LogP contribution is -2.15. The zero-order valence-corrected chi connectivity index (χ0v) is 18.7. The number of anilines is 1. The first-order valence-corrected chi connectivity index (χ1v) is 11.1. The maximum Gasteiger partial charge on any atom is 0.236 e. The highest BCUT2D eigenvalue weighted by atomic mass is 35.5. The van der Waals surface area contributed by atoms with Crippen LogP contribution in [0.2, 0.25) is 10.0 Å². The Morgan fingerprint density at radius 3 is 2.35 bits per heavy atom. The van der Waals surface area contributed by atoms with E-state index in [1.807, 2.05) is 60.0 Å². The number of rotatable bonds is 6. The van der Waals surface area contributed by atoms with Crippen molar-refractivity contribution in [3.8, 4) is 17.1 Å². The van der Waals surface area contributed by atoms with Crippen LogP contribution in [0.1, 0.15) is 5.56 Å². The topological polar surface area (TPSA) is 72.7 Å². The van der Waals surface area contributed by atoms with Crippen LogP contribution in [0.25, 0.3) is 17.1 Å². The molecule has 0 aliphatic rings. The zero-order chi connectivity index (χ0) is 21.8. The Labute approximate surface area is 193 Å². The third-order valence-electron chi connectivity index (χ3n) is 4.36. The summed E-state index contributed by atoms with van der Waals surface area (Å²) in [6, 6.07) is 18.8. The van der Waals surface area contributed by atoms with Gasteiger partial charge in [-0.1, -0.05) is 52.7 Å². The fourth-order valence-electron chi connectivity index (χ4n) is 2.83. The smallest absolute Gasteiger partial charge is 0.236 e. The number of hydrogen-bond acceptors (Lipinski definition) is 5. The van der Waals surface area contributed by atoms with Gasteiger partial charge in [-0.2, -0.15) is 0 Å². The highest BCUT2D eigenvalue weighted by molar-refractivity contribution is 7.99. The van der Waals surface area contributed by atoms with E-state index in [0.29, 0.717) is 26.8 Å². The van der Waals surface area contributed by atoms with E-state index in [-0.39, 0.29) is 11.7 Å². The molecule has 1 amide bonds. The predicted octanol–water partition coefficient (Wildman–Crippen LogP) is 5.68. The van der Waals surface area contributed by atoms with Crippen LogP contribution >= 0.6 is 35.0 Å². The molecule has 9 heteroatoms. The van der Waals surface area contributed by atoms with E-state index in [1.165, 1.54) is 18.0 Å². The van der Waals surface area contributed by atoms with Crippen LogP contribution in [-0.2, 0) is 4.79 Å². The second-order valence-electron chi connectivity index (χ2n) is 6.68. The minimum atomic E-state index is -0.202. The van der Waals surface area contributed by atoms with Gasteiger partial charge < -0.3 is 5.32 Å². The molecule has 0 atom stereocenters. The fraction of sp³-hybridized carbons (Fsp3) is 0.0909. The van der Waals surface area contributed by atoms with E-state index < -0.39 is 0 Å². The first-order valence-electron chi connectivity index (χ1n) is 9.32. The van der Waals surface area contributed by atoms with Gasteiger partial charge in [-0.15, -0.1) is 10.2 Å². The number of aryl methyl sites for hydroxylation is 1. The molecular formula is C22H17Cl2N5OS. The number of carbonyl (C=O) groups excluding carboxylic acids is 1. The Morgan fingerprint density at radius 2 is 1.68 bits per heavy atom. The molecule has 0 spiro atoms. The number of nitrogens with zero attached hydrogens (tertiary/aromatic N) is 4. The maximum absolute atomic E-state index is 12.4. The number of amides is 1. The molecule has 6 nitrogen and oxygen atoms in total. The Bertz CT molecular complexity index is 1190. The zero-order valence-electron chi connectivity index (χ0n) is 16.4. The summed E-state index contributed by atoms with van der Waals surface area (Å²) in [5.74, 6) is 1.06. The number of halogens is 2. The average molecular weight is 470 g/mol. The standard InChI is InChI=1S/C22H17Cl2N5OS/c1-14-2-9-18(10-3-14)29-21(15-4-6-16(23)7-5-15)27-28-22(29)31-13-20(30)26-19-11-8-17(24)12-25-19/h2-12H,13H2,1H3,(H,25,26,30). The number of carbonyl (C=O) groups is 1. The highest BCUT2D eigenvalue weighted by Gasteiger charge is 2.17. The van der Waals surface area contributed by atoms with Crippen LogP contribution in [0, 0.1) is 6.92 Å². The van der Waals surface area contributed by atoms with Crippen LogP contribution in [0.15, 0.2) is 72.0 Å². The van der Waals surface area contributed by atoms with E-state index in [1.54, 1.807) is 12.1 Å². The quantitative estimate of drug-likeness (QED) is 0.368. The van der Waals surface area contributed by atoms with Gasteiger partial charge in [-0.25, -0.2) is 4.98 Å². The highest BCUT2D eigenvalue weighted by Crippen LogP contribution is 2.29. The van der Waals surface area contributed by atoms with Crippen molar-refractivity contribution in [1.82, 2.24) is 19.7 Å². The molecule has 0 unspecified atom stereocenters. The predicted molar refractivity (Wildman–Crippen MR) is 125 cm³/mol. The van der Waals surface area contributed by atoms with E-state index >= 15 is 0 Å². The summed E-state index contributed by atoms with van der Waals surface area (Å²) in [7, 11) is 0. The molecule has 0 aliphatic carbocycles. The van der Waals surface area contributed by atoms with Gasteiger partial charge in [-0.3, -0.25) is 9.36 Å². The van der Waals surface area contributed by atoms with Crippen LogP contribution < -0.4 is 5.32 Å². The summed E-state index contributed by atoms with van der Waals surface area (Å²) in [4.78, 5) is 16.5. The largest absolute Gasteiger partial charge is 0.310 e. The van der Waals surface area contributed by atoms with Gasteiger partial charge >= 0.3 is 0 Å². The second-order valence-corrected chi connectivity index (χ2v) is 8.50. The monoisotopic (exact) mass is 469 g/mol. The van der Waals surface area contributed by atoms with Crippen molar-refractivity contribution < 1.29 is 4.79 Å². The van der Waals surface area contributed by atoms with E-state index in [0.717, 1.165) is 16.8 Å². The minimum absolute atomic E-state index is 0.148. The Balaban J connectivity index is 1.59. The van der Waals surface area contributed by atoms with Gasteiger partial charge in [0, 0.05) is 22.5 Å². The molecule has 0 aliphatic heterocycles. The molecule has 0 saturated carbocycles. The number of benzene rings is 2. The normalized spacial score (nSPS) is 10.8. The van der Waals surface area contributed by atoms with Crippen LogP contribution in [0.3, 0.4) is 0 Å². The van der Waals surface area contributed by atoms with Crippen LogP contribution in [0.5, 0.6) is 0 Å². The number of thioether (sulfide) groups is 1. The lowest BCUT2D eigenvalue weighted by atomic mass is 10.2. The minimum Gasteiger partial charge on any atom is -0.310 e. The molecule has 0 bridgehead atoms. The molecule has 2 heterocycles. The molecule has 0 fully saturated rings. The molecule has 156 valence electrons. The van der Waals surface area contributed by atoms with Gasteiger partial charge in [0.2, 0.25) is 5.91 Å². The molecule has 2 aromatic carbocycles. The lowest BCUT2D eigenvalue weighted by molar-refractivity contribution is -0.113. The average Bonchev–Trinajstić information content (AvgIpc) is 3.19. The van der Waals surface area contributed by atoms with Gasteiger partial charge in [0.05, 0.1) is 10.8 Å². The number of nitrogens with one attached hydrogen (secondary N) is 1. The van der Waals surface area contributed by atoms with Crippen molar-refractivity contribution >= 4 is 46.7 Å². The van der Waals surface area contributed by atoms with E-state index in [2.05, 4.69) is 20.5 Å². The summed E-state index contributed by atoms with van der Waals surface area (Å²) in [6.45, 7) is 2.03. The van der Waals surface area contributed by atoms with Crippen molar-refractivity contribution in [3.05, 3.63) is 82.5 Å². The second kappa shape index (κ2) is 9.51. The maximum atomic E-state index is 12.4. The van der Waals surface area contributed by atoms with Gasteiger partial charge in [-0.05, 0) is 55.5 Å². The van der Waals surface area contributed by atoms with Crippen molar-refractivity contribution in [1.29, 1.82) is 0 Å². The van der Waals surface area contributed by atoms with Crippen molar-refractivity contribution in [2.24, 2.45) is 0 Å². The number of pyridine rings is 1. The van der Waals surface area contributed by atoms with Crippen LogP contribution in [-0.4, -0.2) is 31.4 Å². The first-order chi connectivity index (χ1) is 15.0. The molecule has 4 rings (SSSR count). The van der Waals surface area contributed by atoms with Crippen LogP contribution in [0.4, 0.5) is 5.82 Å². The molecule has 4 aromatic rings. The third-order valence-corrected chi connectivity index (χ3v) is 5.76. The molecule has 31 heavy (non-hydrogen) atoms. The van der Waals surface area contributed by atoms with Gasteiger partial charge in [0.1, 0.15) is 5.82 Å². The molecular weight excluding hydrogens is 453 g/mol. The number of aromatic nitrogens is 4. The Kier molecular flexibility index (Phi) is 6.56. The SMILES string of the molecule is Cc1ccc(-n2c(SCC(=O)Nc3ccc(Cl)cn3)nnc2-c2ccc(Cl)cc2)cc1. The molecule has 2 aromatic heterocycles. The Morgan fingerprint density at radius 1 is 0.968 bits per heavy atom. The van der Waals surface area contributed by atoms with E-state index in [9.17, 15) is 4.79 Å². The first kappa shape index (κ1) is 21.4. The fourth-order valence-corrected chi connectivity index (χ4v) is 3.82. The van der Waals surface area contributed by atoms with E-state index in [4.69, 9.17) is 23.2 Å². The van der Waals surface area contributed by atoms with Crippen molar-refractivity contribution in [2.45, 2.75) is 12.1 Å². The summed E-state index contributed by atoms with van der Waals surface area (Å²) < 4.78 is 1.93. The summed E-state index contributed by atoms with van der Waals surface area (Å²) in [5, 5.41) is 13.2. The Hall–Kier alpha value is -2.87. The number of hydrogen-bond donors (Lipinski definition) is 1. The van der Waals surface area contributed by atoms with Crippen molar-refractivity contribution in [3.63, 3.8) is 0 Å². The molecule has 1 N–H and O–H groups in total. The summed E-state index contributed by atoms with van der Waals surface area (Å²) in [6.07, 6.45) is 1.48. The summed E-state index contributed by atoms with van der Waals surface area (Å²) >= 11 is 13.2.